The van der Waals surface area contributed by atoms with Crippen molar-refractivity contribution in [2.45, 2.75) is 12.2 Å². The summed E-state index contributed by atoms with van der Waals surface area (Å²) in [4.78, 5) is 12.4. The van der Waals surface area contributed by atoms with Crippen LogP contribution < -0.4 is 14.8 Å². The molecule has 1 aliphatic heterocycles. The van der Waals surface area contributed by atoms with Crippen LogP contribution in [0.2, 0.25) is 0 Å². The number of hydrogen-bond donors (Lipinski definition) is 1. The van der Waals surface area contributed by atoms with E-state index in [1.54, 1.807) is 30.7 Å². The molecule has 6 nitrogen and oxygen atoms in total. The van der Waals surface area contributed by atoms with Gasteiger partial charge in [-0.3, -0.25) is 4.79 Å². The Morgan fingerprint density at radius 2 is 1.64 bits per heavy atom. The van der Waals surface area contributed by atoms with Gasteiger partial charge in [-0.2, -0.15) is 5.10 Å². The lowest BCUT2D eigenvalue weighted by Gasteiger charge is -2.16. The third-order valence-electron chi connectivity index (χ3n) is 4.74. The van der Waals surface area contributed by atoms with Crippen LogP contribution in [0.4, 0.5) is 5.82 Å². The minimum atomic E-state index is -0.0306. The lowest BCUT2D eigenvalue weighted by atomic mass is 10.0. The highest BCUT2D eigenvalue weighted by Gasteiger charge is 2.30. The van der Waals surface area contributed by atoms with Crippen LogP contribution >= 0.6 is 11.8 Å². The first-order chi connectivity index (χ1) is 13.6. The lowest BCUT2D eigenvalue weighted by molar-refractivity contribution is -0.113. The van der Waals surface area contributed by atoms with Gasteiger partial charge in [0.1, 0.15) is 17.3 Å². The van der Waals surface area contributed by atoms with Crippen molar-refractivity contribution in [2.24, 2.45) is 0 Å². The van der Waals surface area contributed by atoms with E-state index >= 15 is 0 Å². The molecule has 0 aliphatic carbocycles. The Balaban J connectivity index is 1.82. The highest BCUT2D eigenvalue weighted by Crippen LogP contribution is 2.44. The number of aryl methyl sites for hydroxylation is 1. The van der Waals surface area contributed by atoms with Crippen LogP contribution in [0.1, 0.15) is 22.1 Å². The fourth-order valence-corrected chi connectivity index (χ4v) is 4.52. The molecule has 144 valence electrons. The number of rotatable bonds is 4. The number of hydrogen-bond acceptors (Lipinski definition) is 5. The van der Waals surface area contributed by atoms with Crippen LogP contribution in [0.25, 0.3) is 5.69 Å². The van der Waals surface area contributed by atoms with Gasteiger partial charge in [0, 0.05) is 5.56 Å². The fourth-order valence-electron chi connectivity index (χ4n) is 3.34. The zero-order valence-corrected chi connectivity index (χ0v) is 16.7. The van der Waals surface area contributed by atoms with Crippen molar-refractivity contribution >= 4 is 23.5 Å². The second-order valence-electron chi connectivity index (χ2n) is 6.47. The van der Waals surface area contributed by atoms with Gasteiger partial charge in [0.2, 0.25) is 5.91 Å². The van der Waals surface area contributed by atoms with E-state index in [9.17, 15) is 4.79 Å². The molecule has 3 aromatic rings. The molecule has 1 amide bonds. The summed E-state index contributed by atoms with van der Waals surface area (Å²) in [6.07, 6.45) is 0. The number of amides is 1. The van der Waals surface area contributed by atoms with E-state index < -0.39 is 0 Å². The number of nitrogens with zero attached hydrogens (tertiary/aromatic N) is 2. The Morgan fingerprint density at radius 1 is 1.04 bits per heavy atom. The first-order valence-electron chi connectivity index (χ1n) is 8.90. The van der Waals surface area contributed by atoms with Crippen molar-refractivity contribution in [2.75, 3.05) is 25.3 Å². The van der Waals surface area contributed by atoms with Gasteiger partial charge in [-0.15, -0.1) is 11.8 Å². The molecule has 2 aromatic carbocycles. The third-order valence-corrected chi connectivity index (χ3v) is 6.01. The van der Waals surface area contributed by atoms with Gasteiger partial charge in [0.25, 0.3) is 0 Å². The molecule has 0 radical (unpaired) electrons. The molecule has 0 bridgehead atoms. The van der Waals surface area contributed by atoms with E-state index in [-0.39, 0.29) is 11.2 Å². The van der Waals surface area contributed by atoms with Crippen molar-refractivity contribution in [3.8, 4) is 17.2 Å². The average molecular weight is 395 g/mol. The predicted molar refractivity (Wildman–Crippen MR) is 111 cm³/mol. The molecule has 4 rings (SSSR count). The van der Waals surface area contributed by atoms with E-state index in [0.717, 1.165) is 39.8 Å². The van der Waals surface area contributed by atoms with Crippen LogP contribution in [0.3, 0.4) is 0 Å². The summed E-state index contributed by atoms with van der Waals surface area (Å²) in [5, 5.41) is 7.78. The monoisotopic (exact) mass is 395 g/mol. The summed E-state index contributed by atoms with van der Waals surface area (Å²) in [5.41, 5.74) is 3.89. The number of thioether (sulfide) groups is 1. The van der Waals surface area contributed by atoms with Crippen molar-refractivity contribution in [3.63, 3.8) is 0 Å². The normalized spacial score (nSPS) is 16.1. The molecular weight excluding hydrogens is 374 g/mol. The number of carbonyl (C=O) groups is 1. The third kappa shape index (κ3) is 3.33. The SMILES string of the molecule is COc1ccc(C2SCC(=O)Nc3c2c(C)nn3-c2ccc(OC)cc2)cc1. The second-order valence-corrected chi connectivity index (χ2v) is 7.56. The first kappa shape index (κ1) is 18.4. The summed E-state index contributed by atoms with van der Waals surface area (Å²) in [6, 6.07) is 15.6. The lowest BCUT2D eigenvalue weighted by Crippen LogP contribution is -2.15. The quantitative estimate of drug-likeness (QED) is 0.724. The smallest absolute Gasteiger partial charge is 0.235 e. The van der Waals surface area contributed by atoms with Gasteiger partial charge in [0.15, 0.2) is 0 Å². The summed E-state index contributed by atoms with van der Waals surface area (Å²) >= 11 is 1.60. The summed E-state index contributed by atoms with van der Waals surface area (Å²) in [6.45, 7) is 1.98. The Labute approximate surface area is 167 Å². The second kappa shape index (κ2) is 7.59. The molecule has 1 unspecified atom stereocenters. The Morgan fingerprint density at radius 3 is 2.25 bits per heavy atom. The topological polar surface area (TPSA) is 65.4 Å². The highest BCUT2D eigenvalue weighted by molar-refractivity contribution is 8.00. The van der Waals surface area contributed by atoms with Crippen molar-refractivity contribution in [1.82, 2.24) is 9.78 Å². The Hall–Kier alpha value is -2.93. The van der Waals surface area contributed by atoms with Crippen LogP contribution in [0.15, 0.2) is 48.5 Å². The van der Waals surface area contributed by atoms with Gasteiger partial charge in [-0.25, -0.2) is 4.68 Å². The molecule has 0 saturated carbocycles. The number of fused-ring (bicyclic) bond motifs is 1. The molecule has 2 heterocycles. The Kier molecular flexibility index (Phi) is 5.00. The van der Waals surface area contributed by atoms with E-state index in [0.29, 0.717) is 5.75 Å². The zero-order valence-electron chi connectivity index (χ0n) is 15.9. The standard InChI is InChI=1S/C21H21N3O3S/c1-13-19-20(14-4-8-16(26-2)9-5-14)28-12-18(25)22-21(19)24(23-13)15-6-10-17(27-3)11-7-15/h4-11,20H,12H2,1-3H3,(H,22,25). The molecular formula is C21H21N3O3S. The maximum absolute atomic E-state index is 12.4. The van der Waals surface area contributed by atoms with Crippen molar-refractivity contribution < 1.29 is 14.3 Å². The molecule has 0 spiro atoms. The molecule has 1 N–H and O–H groups in total. The van der Waals surface area contributed by atoms with E-state index in [4.69, 9.17) is 14.6 Å². The molecule has 1 aliphatic rings. The molecule has 1 aromatic heterocycles. The van der Waals surface area contributed by atoms with E-state index in [1.165, 1.54) is 0 Å². The van der Waals surface area contributed by atoms with Gasteiger partial charge in [-0.05, 0) is 48.9 Å². The van der Waals surface area contributed by atoms with Crippen LogP contribution in [0, 0.1) is 6.92 Å². The Bertz CT molecular complexity index is 997. The molecule has 0 fully saturated rings. The van der Waals surface area contributed by atoms with Crippen molar-refractivity contribution in [3.05, 3.63) is 65.4 Å². The number of nitrogens with one attached hydrogen (secondary N) is 1. The van der Waals surface area contributed by atoms with E-state index in [2.05, 4.69) is 5.32 Å². The number of methoxy groups -OCH3 is 2. The number of anilines is 1. The molecule has 28 heavy (non-hydrogen) atoms. The summed E-state index contributed by atoms with van der Waals surface area (Å²) < 4.78 is 12.3. The first-order valence-corrected chi connectivity index (χ1v) is 9.95. The number of aromatic nitrogens is 2. The summed E-state index contributed by atoms with van der Waals surface area (Å²) in [7, 11) is 3.29. The average Bonchev–Trinajstić information content (AvgIpc) is 2.93. The number of ether oxygens (including phenoxy) is 2. The maximum atomic E-state index is 12.4. The summed E-state index contributed by atoms with van der Waals surface area (Å²) in [5.74, 6) is 2.65. The van der Waals surface area contributed by atoms with Gasteiger partial charge < -0.3 is 14.8 Å². The highest BCUT2D eigenvalue weighted by atomic mass is 32.2. The van der Waals surface area contributed by atoms with Crippen LogP contribution in [-0.2, 0) is 4.79 Å². The van der Waals surface area contributed by atoms with Crippen LogP contribution in [0.5, 0.6) is 11.5 Å². The van der Waals surface area contributed by atoms with Crippen molar-refractivity contribution in [1.29, 1.82) is 0 Å². The van der Waals surface area contributed by atoms with Gasteiger partial charge in [0.05, 0.1) is 36.6 Å². The zero-order chi connectivity index (χ0) is 19.7. The maximum Gasteiger partial charge on any atom is 0.235 e. The molecule has 0 saturated heterocycles. The largest absolute Gasteiger partial charge is 0.497 e. The van der Waals surface area contributed by atoms with Gasteiger partial charge >= 0.3 is 0 Å². The molecule has 7 heteroatoms. The van der Waals surface area contributed by atoms with E-state index in [1.807, 2.05) is 55.5 Å². The predicted octanol–water partition coefficient (Wildman–Crippen LogP) is 3.97. The van der Waals surface area contributed by atoms with Crippen LogP contribution in [-0.4, -0.2) is 35.7 Å². The number of carbonyl (C=O) groups excluding carboxylic acids is 1. The minimum Gasteiger partial charge on any atom is -0.497 e. The minimum absolute atomic E-state index is 0.00635. The fraction of sp³-hybridized carbons (Fsp3) is 0.238. The number of benzene rings is 2. The molecule has 1 atom stereocenters. The van der Waals surface area contributed by atoms with Gasteiger partial charge in [-0.1, -0.05) is 12.1 Å².